The first-order valence-corrected chi connectivity index (χ1v) is 17.4. The van der Waals surface area contributed by atoms with E-state index in [9.17, 15) is 40.2 Å². The van der Waals surface area contributed by atoms with Crippen LogP contribution >= 0.6 is 0 Å². The molecule has 2 aromatic carbocycles. The molecular weight excluding hydrogens is 668 g/mol. The van der Waals surface area contributed by atoms with Gasteiger partial charge in [-0.2, -0.15) is 0 Å². The maximum absolute atomic E-state index is 14.0. The molecule has 14 nitrogen and oxygen atoms in total. The Morgan fingerprint density at radius 2 is 1.45 bits per heavy atom. The van der Waals surface area contributed by atoms with Gasteiger partial charge in [0.05, 0.1) is 53.9 Å². The minimum absolute atomic E-state index is 0.00336. The lowest BCUT2D eigenvalue weighted by molar-refractivity contribution is -0.323. The van der Waals surface area contributed by atoms with Crippen molar-refractivity contribution in [3.63, 3.8) is 0 Å². The third-order valence-electron chi connectivity index (χ3n) is 10.5. The molecular formula is C37H44O14. The first kappa shape index (κ1) is 35.9. The molecule has 0 radical (unpaired) electrons. The van der Waals surface area contributed by atoms with Crippen molar-refractivity contribution in [2.24, 2.45) is 0 Å². The Hall–Kier alpha value is -3.44. The minimum Gasteiger partial charge on any atom is -0.507 e. The van der Waals surface area contributed by atoms with Crippen LogP contribution in [-0.2, 0) is 30.1 Å². The second kappa shape index (κ2) is 13.8. The topological polar surface area (TPSA) is 211 Å². The van der Waals surface area contributed by atoms with E-state index in [0.29, 0.717) is 24.0 Å². The van der Waals surface area contributed by atoms with Crippen molar-refractivity contribution >= 4 is 17.1 Å². The third kappa shape index (κ3) is 6.58. The predicted octanol–water partition coefficient (Wildman–Crippen LogP) is 2.18. The smallest absolute Gasteiger partial charge is 0.202 e. The first-order chi connectivity index (χ1) is 24.2. The summed E-state index contributed by atoms with van der Waals surface area (Å²) in [4.78, 5) is 28.0. The maximum atomic E-state index is 14.0. The number of rotatable bonds is 6. The molecule has 3 unspecified atom stereocenters. The average molecular weight is 713 g/mol. The highest BCUT2D eigenvalue weighted by Crippen LogP contribution is 2.47. The molecule has 0 spiro atoms. The molecule has 0 amide bonds. The quantitative estimate of drug-likeness (QED) is 0.254. The Bertz CT molecular complexity index is 1730. The van der Waals surface area contributed by atoms with Crippen molar-refractivity contribution < 1.29 is 68.6 Å². The lowest BCUT2D eigenvalue weighted by Crippen LogP contribution is -2.55. The summed E-state index contributed by atoms with van der Waals surface area (Å²) in [5, 5.41) is 64.7. The predicted molar refractivity (Wildman–Crippen MR) is 176 cm³/mol. The van der Waals surface area contributed by atoms with E-state index in [0.717, 1.165) is 0 Å². The Balaban J connectivity index is 1.06. The molecule has 3 fully saturated rings. The highest BCUT2D eigenvalue weighted by Gasteiger charge is 2.46. The number of fused-ring (bicyclic) bond motifs is 3. The number of carbonyl (C=O) groups is 2. The summed E-state index contributed by atoms with van der Waals surface area (Å²) in [6.45, 7) is 6.87. The number of aryl methyl sites for hydroxylation is 1. The summed E-state index contributed by atoms with van der Waals surface area (Å²) in [7, 11) is 0. The van der Waals surface area contributed by atoms with Gasteiger partial charge in [-0.25, -0.2) is 0 Å². The number of hydrogen-bond acceptors (Lipinski definition) is 14. The van der Waals surface area contributed by atoms with Gasteiger partial charge in [0, 0.05) is 42.4 Å². The van der Waals surface area contributed by atoms with E-state index in [2.05, 4.69) is 0 Å². The van der Waals surface area contributed by atoms with Gasteiger partial charge >= 0.3 is 0 Å². The minimum atomic E-state index is -1.35. The second-order valence-electron chi connectivity index (χ2n) is 14.2. The average Bonchev–Trinajstić information content (AvgIpc) is 3.05. The van der Waals surface area contributed by atoms with Crippen molar-refractivity contribution in [2.45, 2.75) is 134 Å². The number of aliphatic hydroxyl groups excluding tert-OH is 4. The van der Waals surface area contributed by atoms with Crippen LogP contribution in [0.4, 0.5) is 0 Å². The summed E-state index contributed by atoms with van der Waals surface area (Å²) in [5.41, 5.74) is 0.430. The van der Waals surface area contributed by atoms with Gasteiger partial charge in [0.15, 0.2) is 24.1 Å². The van der Waals surface area contributed by atoms with Crippen LogP contribution in [0.5, 0.6) is 17.2 Å². The molecule has 7 rings (SSSR count). The lowest BCUT2D eigenvalue weighted by atomic mass is 9.72. The van der Waals surface area contributed by atoms with Crippen molar-refractivity contribution in [3.8, 4) is 17.2 Å². The van der Waals surface area contributed by atoms with Crippen LogP contribution in [0.3, 0.4) is 0 Å². The summed E-state index contributed by atoms with van der Waals surface area (Å²) in [6, 6.07) is 5.73. The number of allylic oxidation sites excluding steroid dienone is 1. The van der Waals surface area contributed by atoms with Crippen molar-refractivity contribution in [1.82, 2.24) is 0 Å². The number of aliphatic hydroxyl groups is 4. The number of carbonyl (C=O) groups excluding carboxylic acids is 2. The van der Waals surface area contributed by atoms with Gasteiger partial charge in [-0.1, -0.05) is 6.07 Å². The molecule has 0 aromatic heterocycles. The number of hydrogen-bond donors (Lipinski definition) is 6. The van der Waals surface area contributed by atoms with Crippen LogP contribution in [0.25, 0.3) is 5.57 Å². The van der Waals surface area contributed by atoms with Crippen LogP contribution in [0.1, 0.15) is 83.9 Å². The number of ether oxygens (including phenoxy) is 6. The molecule has 14 heteroatoms. The van der Waals surface area contributed by atoms with Crippen molar-refractivity contribution in [1.29, 1.82) is 0 Å². The number of ketones is 2. The molecule has 0 bridgehead atoms. The summed E-state index contributed by atoms with van der Waals surface area (Å²) >= 11 is 0. The Morgan fingerprint density at radius 1 is 0.725 bits per heavy atom. The van der Waals surface area contributed by atoms with Crippen molar-refractivity contribution in [2.75, 3.05) is 0 Å². The van der Waals surface area contributed by atoms with Gasteiger partial charge in [0.2, 0.25) is 6.29 Å². The van der Waals surface area contributed by atoms with Gasteiger partial charge in [-0.3, -0.25) is 9.59 Å². The molecule has 3 aliphatic heterocycles. The van der Waals surface area contributed by atoms with E-state index < -0.39 is 91.1 Å². The first-order valence-electron chi connectivity index (χ1n) is 17.4. The molecule has 2 aromatic rings. The highest BCUT2D eigenvalue weighted by molar-refractivity contribution is 6.42. The zero-order chi connectivity index (χ0) is 36.5. The monoisotopic (exact) mass is 712 g/mol. The normalized spacial score (nSPS) is 36.7. The van der Waals surface area contributed by atoms with E-state index in [1.54, 1.807) is 33.8 Å². The number of phenols is 2. The van der Waals surface area contributed by atoms with Gasteiger partial charge in [0.25, 0.3) is 0 Å². The third-order valence-corrected chi connectivity index (χ3v) is 10.5. The van der Waals surface area contributed by atoms with E-state index in [4.69, 9.17) is 28.4 Å². The fourth-order valence-corrected chi connectivity index (χ4v) is 7.86. The molecule has 5 aliphatic rings. The zero-order valence-electron chi connectivity index (χ0n) is 28.7. The summed E-state index contributed by atoms with van der Waals surface area (Å²) < 4.78 is 36.1. The largest absolute Gasteiger partial charge is 0.507 e. The van der Waals surface area contributed by atoms with Crippen molar-refractivity contribution in [3.05, 3.63) is 57.7 Å². The standard InChI is InChI=1S/C37H44O14/c1-14-9-18-11-22(41)31-33(29(18)21(40)10-14)36(45)30-20(39)5-7-24(32(30)35(31)44)49-27-12-23(42)37(17(4)48-27)51-28-13-25(34(43)16(3)47-28)50-26-8-6-19(38)15(2)46-26/h5,7,9-10,15-17,19,22-23,25-28,34,37-43H,6,8,11-13H2,1-4H3/t15?,16?,17?,19-,22+,23+,25+,26-,27-,28-,34+,37+/m0/s1. The van der Waals surface area contributed by atoms with E-state index in [1.165, 1.54) is 18.2 Å². The Kier molecular flexibility index (Phi) is 9.75. The van der Waals surface area contributed by atoms with Crippen LogP contribution in [-0.4, -0.2) is 116 Å². The highest BCUT2D eigenvalue weighted by atomic mass is 16.7. The number of benzene rings is 2. The van der Waals surface area contributed by atoms with E-state index >= 15 is 0 Å². The van der Waals surface area contributed by atoms with Gasteiger partial charge in [-0.15, -0.1) is 0 Å². The van der Waals surface area contributed by atoms with Crippen LogP contribution in [0, 0.1) is 6.92 Å². The number of phenolic OH excluding ortho intramolecular Hbond substituents is 2. The van der Waals surface area contributed by atoms with Crippen LogP contribution in [0.15, 0.2) is 29.8 Å². The van der Waals surface area contributed by atoms with Crippen LogP contribution < -0.4 is 4.74 Å². The van der Waals surface area contributed by atoms with E-state index in [1.807, 2.05) is 0 Å². The Labute approximate surface area is 294 Å². The Morgan fingerprint density at radius 3 is 2.18 bits per heavy atom. The molecule has 0 saturated carbocycles. The fraction of sp³-hybridized carbons (Fsp3) is 0.568. The molecule has 3 saturated heterocycles. The zero-order valence-corrected chi connectivity index (χ0v) is 28.7. The SMILES string of the molecule is Cc1cc(O)c2c(c1)C[C@@H](O)C1=C2C(=O)c2c(O)ccc(O[C@H]3C[C@@H](O)[C@H](O[C@H]4C[C@@H](O[C@H]5CC[C@H](O)C(C)O5)[C@H](O)C(C)O4)C(C)O3)c2C1=O. The number of Topliss-reactive ketones (excluding diaryl/α,β-unsaturated/α-hetero) is 2. The lowest BCUT2D eigenvalue weighted by Gasteiger charge is -2.44. The molecule has 2 aliphatic carbocycles. The number of aromatic hydroxyl groups is 2. The van der Waals surface area contributed by atoms with E-state index in [-0.39, 0.29) is 58.6 Å². The molecule has 6 N–H and O–H groups in total. The molecule has 12 atom stereocenters. The second-order valence-corrected chi connectivity index (χ2v) is 14.2. The fourth-order valence-electron chi connectivity index (χ4n) is 7.86. The molecule has 276 valence electrons. The molecule has 51 heavy (non-hydrogen) atoms. The van der Waals surface area contributed by atoms with Gasteiger partial charge in [0.1, 0.15) is 29.5 Å². The molecule has 3 heterocycles. The summed E-state index contributed by atoms with van der Waals surface area (Å²) in [5.74, 6) is -2.26. The van der Waals surface area contributed by atoms with Crippen LogP contribution in [0.2, 0.25) is 0 Å². The van der Waals surface area contributed by atoms with Gasteiger partial charge < -0.3 is 59.1 Å². The maximum Gasteiger partial charge on any atom is 0.202 e. The van der Waals surface area contributed by atoms with Gasteiger partial charge in [-0.05, 0) is 63.4 Å². The summed E-state index contributed by atoms with van der Waals surface area (Å²) in [6.07, 6.45) is -9.00.